The molecule has 0 aliphatic rings. The molecule has 1 aromatic heterocycles. The summed E-state index contributed by atoms with van der Waals surface area (Å²) >= 11 is 1.61. The highest BCUT2D eigenvalue weighted by Crippen LogP contribution is 2.27. The summed E-state index contributed by atoms with van der Waals surface area (Å²) < 4.78 is 27.6. The molecule has 22 heavy (non-hydrogen) atoms. The van der Waals surface area contributed by atoms with Crippen molar-refractivity contribution in [2.45, 2.75) is 20.3 Å². The van der Waals surface area contributed by atoms with Crippen LogP contribution in [0.5, 0.6) is 0 Å². The fourth-order valence-corrected chi connectivity index (χ4v) is 3.86. The van der Waals surface area contributed by atoms with Crippen LogP contribution in [-0.2, 0) is 16.6 Å². The van der Waals surface area contributed by atoms with Crippen molar-refractivity contribution in [3.63, 3.8) is 0 Å². The lowest BCUT2D eigenvalue weighted by Gasteiger charge is -2.14. The second-order valence-corrected chi connectivity index (χ2v) is 8.09. The number of nitrogens with zero attached hydrogens (tertiary/aromatic N) is 2. The molecule has 7 heteroatoms. The standard InChI is InChI=1S/C15H21N3O2S2/c1-4-18(3)22(19,20)16-11-10-14-17-15(12(2)21-14)13-8-6-5-7-9-13/h5-9,16H,4,10-11H2,1-3H3. The summed E-state index contributed by atoms with van der Waals surface area (Å²) in [6, 6.07) is 10.0. The number of hydrogen-bond acceptors (Lipinski definition) is 4. The number of rotatable bonds is 7. The molecule has 0 bridgehead atoms. The van der Waals surface area contributed by atoms with E-state index in [0.717, 1.165) is 21.1 Å². The molecule has 1 aromatic carbocycles. The van der Waals surface area contributed by atoms with Gasteiger partial charge in [0.2, 0.25) is 0 Å². The Labute approximate surface area is 136 Å². The van der Waals surface area contributed by atoms with Crippen LogP contribution in [0.4, 0.5) is 0 Å². The van der Waals surface area contributed by atoms with E-state index in [9.17, 15) is 8.42 Å². The molecule has 0 unspecified atom stereocenters. The summed E-state index contributed by atoms with van der Waals surface area (Å²) in [5.41, 5.74) is 2.07. The van der Waals surface area contributed by atoms with Crippen molar-refractivity contribution in [3.8, 4) is 11.3 Å². The van der Waals surface area contributed by atoms with Gasteiger partial charge in [0.1, 0.15) is 0 Å². The van der Waals surface area contributed by atoms with Gasteiger partial charge in [-0.05, 0) is 6.92 Å². The molecule has 5 nitrogen and oxygen atoms in total. The molecule has 0 aliphatic carbocycles. The molecule has 0 fully saturated rings. The van der Waals surface area contributed by atoms with Gasteiger partial charge in [-0.2, -0.15) is 12.7 Å². The number of nitrogens with one attached hydrogen (secondary N) is 1. The second kappa shape index (κ2) is 7.32. The summed E-state index contributed by atoms with van der Waals surface area (Å²) in [5, 5.41) is 0.943. The van der Waals surface area contributed by atoms with Crippen LogP contribution in [0.15, 0.2) is 30.3 Å². The molecular formula is C15H21N3O2S2. The lowest BCUT2D eigenvalue weighted by molar-refractivity contribution is 0.474. The number of thiazole rings is 1. The highest BCUT2D eigenvalue weighted by molar-refractivity contribution is 7.87. The highest BCUT2D eigenvalue weighted by atomic mass is 32.2. The molecule has 1 N–H and O–H groups in total. The van der Waals surface area contributed by atoms with Crippen molar-refractivity contribution in [1.29, 1.82) is 0 Å². The minimum atomic E-state index is -3.38. The summed E-state index contributed by atoms with van der Waals surface area (Å²) in [7, 11) is -1.82. The summed E-state index contributed by atoms with van der Waals surface area (Å²) in [5.74, 6) is 0. The number of benzene rings is 1. The molecular weight excluding hydrogens is 318 g/mol. The number of aryl methyl sites for hydroxylation is 1. The maximum absolute atomic E-state index is 11.8. The molecule has 0 saturated heterocycles. The van der Waals surface area contributed by atoms with Gasteiger partial charge in [-0.15, -0.1) is 11.3 Å². The first-order valence-electron chi connectivity index (χ1n) is 7.16. The largest absolute Gasteiger partial charge is 0.279 e. The third kappa shape index (κ3) is 4.13. The normalized spacial score (nSPS) is 12.0. The van der Waals surface area contributed by atoms with Gasteiger partial charge in [-0.1, -0.05) is 37.3 Å². The Bertz CT molecular complexity index is 712. The van der Waals surface area contributed by atoms with E-state index in [-0.39, 0.29) is 0 Å². The predicted octanol–water partition coefficient (Wildman–Crippen LogP) is 2.45. The van der Waals surface area contributed by atoms with E-state index < -0.39 is 10.2 Å². The smallest absolute Gasteiger partial charge is 0.241 e. The van der Waals surface area contributed by atoms with Gasteiger partial charge in [0.25, 0.3) is 10.2 Å². The van der Waals surface area contributed by atoms with E-state index in [1.165, 1.54) is 4.31 Å². The van der Waals surface area contributed by atoms with E-state index in [4.69, 9.17) is 0 Å². The van der Waals surface area contributed by atoms with Crippen molar-refractivity contribution in [1.82, 2.24) is 14.0 Å². The van der Waals surface area contributed by atoms with Gasteiger partial charge < -0.3 is 0 Å². The van der Waals surface area contributed by atoms with E-state index >= 15 is 0 Å². The van der Waals surface area contributed by atoms with E-state index in [0.29, 0.717) is 19.5 Å². The van der Waals surface area contributed by atoms with E-state index in [2.05, 4.69) is 9.71 Å². The molecule has 120 valence electrons. The Kier molecular flexibility index (Phi) is 5.69. The van der Waals surface area contributed by atoms with Crippen LogP contribution >= 0.6 is 11.3 Å². The summed E-state index contributed by atoms with van der Waals surface area (Å²) in [4.78, 5) is 5.78. The minimum Gasteiger partial charge on any atom is -0.241 e. The highest BCUT2D eigenvalue weighted by Gasteiger charge is 2.15. The van der Waals surface area contributed by atoms with E-state index in [1.54, 1.807) is 25.3 Å². The first-order chi connectivity index (χ1) is 10.4. The third-order valence-electron chi connectivity index (χ3n) is 3.37. The number of hydrogen-bond donors (Lipinski definition) is 1. The summed E-state index contributed by atoms with van der Waals surface area (Å²) in [6.45, 7) is 4.64. The minimum absolute atomic E-state index is 0.355. The average molecular weight is 339 g/mol. The van der Waals surface area contributed by atoms with Gasteiger partial charge in [0.05, 0.1) is 10.7 Å². The fraction of sp³-hybridized carbons (Fsp3) is 0.400. The van der Waals surface area contributed by atoms with Crippen LogP contribution in [0.2, 0.25) is 0 Å². The fourth-order valence-electron chi connectivity index (χ4n) is 1.99. The zero-order valence-electron chi connectivity index (χ0n) is 13.0. The number of aromatic nitrogens is 1. The average Bonchev–Trinajstić information content (AvgIpc) is 2.88. The molecule has 2 rings (SSSR count). The van der Waals surface area contributed by atoms with Gasteiger partial charge in [0.15, 0.2) is 0 Å². The van der Waals surface area contributed by atoms with Gasteiger partial charge in [-0.25, -0.2) is 9.71 Å². The van der Waals surface area contributed by atoms with Gasteiger partial charge >= 0.3 is 0 Å². The third-order valence-corrected chi connectivity index (χ3v) is 6.05. The first-order valence-corrected chi connectivity index (χ1v) is 9.42. The lowest BCUT2D eigenvalue weighted by Crippen LogP contribution is -2.38. The van der Waals surface area contributed by atoms with Crippen LogP contribution < -0.4 is 4.72 Å². The molecule has 0 spiro atoms. The van der Waals surface area contributed by atoms with Crippen molar-refractivity contribution < 1.29 is 8.42 Å². The molecule has 0 aliphatic heterocycles. The monoisotopic (exact) mass is 339 g/mol. The quantitative estimate of drug-likeness (QED) is 0.843. The van der Waals surface area contributed by atoms with Crippen LogP contribution in [-0.4, -0.2) is 37.8 Å². The maximum Gasteiger partial charge on any atom is 0.279 e. The van der Waals surface area contributed by atoms with Gasteiger partial charge in [0, 0.05) is 37.0 Å². The zero-order chi connectivity index (χ0) is 16.2. The van der Waals surface area contributed by atoms with Crippen LogP contribution in [0, 0.1) is 6.92 Å². The second-order valence-electron chi connectivity index (χ2n) is 4.94. The Hall–Kier alpha value is -1.28. The maximum atomic E-state index is 11.8. The first kappa shape index (κ1) is 17.1. The van der Waals surface area contributed by atoms with Crippen LogP contribution in [0.1, 0.15) is 16.8 Å². The van der Waals surface area contributed by atoms with Crippen molar-refractivity contribution in [3.05, 3.63) is 40.2 Å². The molecule has 0 amide bonds. The SMILES string of the molecule is CCN(C)S(=O)(=O)NCCc1nc(-c2ccccc2)c(C)s1. The Morgan fingerprint density at radius 1 is 1.27 bits per heavy atom. The molecule has 1 heterocycles. The Morgan fingerprint density at radius 2 is 1.95 bits per heavy atom. The molecule has 0 atom stereocenters. The Balaban J connectivity index is 2.01. The Morgan fingerprint density at radius 3 is 2.59 bits per heavy atom. The van der Waals surface area contributed by atoms with E-state index in [1.807, 2.05) is 37.3 Å². The van der Waals surface area contributed by atoms with Crippen LogP contribution in [0.3, 0.4) is 0 Å². The topological polar surface area (TPSA) is 62.3 Å². The molecule has 2 aromatic rings. The van der Waals surface area contributed by atoms with Crippen molar-refractivity contribution in [2.24, 2.45) is 0 Å². The predicted molar refractivity (Wildman–Crippen MR) is 91.2 cm³/mol. The zero-order valence-corrected chi connectivity index (χ0v) is 14.7. The van der Waals surface area contributed by atoms with Gasteiger partial charge in [-0.3, -0.25) is 0 Å². The summed E-state index contributed by atoms with van der Waals surface area (Å²) in [6.07, 6.45) is 0.592. The molecule has 0 radical (unpaired) electrons. The van der Waals surface area contributed by atoms with Crippen LogP contribution in [0.25, 0.3) is 11.3 Å². The van der Waals surface area contributed by atoms with Crippen molar-refractivity contribution >= 4 is 21.5 Å². The van der Waals surface area contributed by atoms with Crippen molar-refractivity contribution in [2.75, 3.05) is 20.1 Å². The molecule has 0 saturated carbocycles. The lowest BCUT2D eigenvalue weighted by atomic mass is 10.1.